The average molecular weight is 458 g/mol. The fourth-order valence-electron chi connectivity index (χ4n) is 3.56. The van der Waals surface area contributed by atoms with Crippen LogP contribution in [0.2, 0.25) is 0 Å². The molecule has 0 saturated carbocycles. The molecule has 1 aromatic carbocycles. The van der Waals surface area contributed by atoms with E-state index in [-0.39, 0.29) is 28.4 Å². The Bertz CT molecular complexity index is 1190. The molecule has 10 nitrogen and oxygen atoms in total. The van der Waals surface area contributed by atoms with Crippen LogP contribution in [0.15, 0.2) is 58.0 Å². The van der Waals surface area contributed by atoms with E-state index in [9.17, 15) is 18.0 Å². The van der Waals surface area contributed by atoms with E-state index in [1.54, 1.807) is 30.3 Å². The number of carbonyl (C=O) groups excluding carboxylic acids is 2. The van der Waals surface area contributed by atoms with Crippen LogP contribution in [0.4, 0.5) is 5.69 Å². The van der Waals surface area contributed by atoms with E-state index in [0.29, 0.717) is 43.1 Å². The Hall–Kier alpha value is -3.44. The quantitative estimate of drug-likeness (QED) is 0.519. The zero-order chi connectivity index (χ0) is 22.7. The van der Waals surface area contributed by atoms with Gasteiger partial charge in [0.1, 0.15) is 5.69 Å². The minimum atomic E-state index is -3.65. The van der Waals surface area contributed by atoms with Gasteiger partial charge in [0.25, 0.3) is 5.91 Å². The van der Waals surface area contributed by atoms with Crippen LogP contribution in [-0.4, -0.2) is 53.9 Å². The maximum atomic E-state index is 12.9. The summed E-state index contributed by atoms with van der Waals surface area (Å²) in [5.74, 6) is 0.0332. The van der Waals surface area contributed by atoms with Crippen LogP contribution >= 0.6 is 0 Å². The highest BCUT2D eigenvalue weighted by Gasteiger charge is 2.30. The van der Waals surface area contributed by atoms with Crippen molar-refractivity contribution in [1.29, 1.82) is 0 Å². The van der Waals surface area contributed by atoms with E-state index in [4.69, 9.17) is 4.42 Å². The molecule has 3 aromatic rings. The molecule has 0 radical (unpaired) electrons. The second kappa shape index (κ2) is 8.97. The SMILES string of the molecule is CC(=O)Nc1ccc(S(=O)(=O)N2CCC(NC(=O)c3cc(-c4ccco4)[nH]n3)CC2)cc1. The van der Waals surface area contributed by atoms with Crippen molar-refractivity contribution in [2.75, 3.05) is 18.4 Å². The number of benzene rings is 1. The number of aromatic amines is 1. The highest BCUT2D eigenvalue weighted by Crippen LogP contribution is 2.23. The molecule has 168 valence electrons. The lowest BCUT2D eigenvalue weighted by Crippen LogP contribution is -2.46. The molecule has 0 unspecified atom stereocenters. The lowest BCUT2D eigenvalue weighted by atomic mass is 10.1. The number of hydrogen-bond acceptors (Lipinski definition) is 6. The number of nitrogens with zero attached hydrogens (tertiary/aromatic N) is 2. The fourth-order valence-corrected chi connectivity index (χ4v) is 5.03. The summed E-state index contributed by atoms with van der Waals surface area (Å²) < 4.78 is 32.5. The van der Waals surface area contributed by atoms with Gasteiger partial charge < -0.3 is 15.1 Å². The first-order valence-electron chi connectivity index (χ1n) is 10.1. The van der Waals surface area contributed by atoms with Crippen LogP contribution in [0, 0.1) is 0 Å². The Labute approximate surface area is 185 Å². The van der Waals surface area contributed by atoms with E-state index in [1.165, 1.54) is 29.6 Å². The molecule has 2 amide bonds. The largest absolute Gasteiger partial charge is 0.463 e. The summed E-state index contributed by atoms with van der Waals surface area (Å²) in [5.41, 5.74) is 1.38. The average Bonchev–Trinajstić information content (AvgIpc) is 3.46. The van der Waals surface area contributed by atoms with Gasteiger partial charge in [0.2, 0.25) is 15.9 Å². The number of H-pyrrole nitrogens is 1. The summed E-state index contributed by atoms with van der Waals surface area (Å²) in [4.78, 5) is 23.8. The normalized spacial score (nSPS) is 15.4. The molecule has 3 heterocycles. The number of sulfonamides is 1. The number of aromatic nitrogens is 2. The Kier molecular flexibility index (Phi) is 6.10. The van der Waals surface area contributed by atoms with Crippen molar-refractivity contribution in [3.63, 3.8) is 0 Å². The van der Waals surface area contributed by atoms with Crippen molar-refractivity contribution in [3.8, 4) is 11.5 Å². The number of carbonyl (C=O) groups is 2. The Balaban J connectivity index is 1.33. The molecule has 4 rings (SSSR count). The highest BCUT2D eigenvalue weighted by atomic mass is 32.2. The number of rotatable bonds is 6. The number of amides is 2. The summed E-state index contributed by atoms with van der Waals surface area (Å²) in [5, 5.41) is 12.3. The predicted molar refractivity (Wildman–Crippen MR) is 116 cm³/mol. The van der Waals surface area contributed by atoms with E-state index in [1.807, 2.05) is 0 Å². The second-order valence-electron chi connectivity index (χ2n) is 7.50. The van der Waals surface area contributed by atoms with Crippen molar-refractivity contribution in [2.24, 2.45) is 0 Å². The summed E-state index contributed by atoms with van der Waals surface area (Å²) in [6.07, 6.45) is 2.52. The predicted octanol–water partition coefficient (Wildman–Crippen LogP) is 2.21. The van der Waals surface area contributed by atoms with Gasteiger partial charge in [0.05, 0.1) is 11.2 Å². The Morgan fingerprint density at radius 2 is 1.88 bits per heavy atom. The topological polar surface area (TPSA) is 137 Å². The van der Waals surface area contributed by atoms with E-state index in [2.05, 4.69) is 20.8 Å². The Morgan fingerprint density at radius 3 is 2.50 bits per heavy atom. The number of anilines is 1. The number of nitrogens with one attached hydrogen (secondary N) is 3. The van der Waals surface area contributed by atoms with Gasteiger partial charge >= 0.3 is 0 Å². The van der Waals surface area contributed by atoms with Gasteiger partial charge in [-0.15, -0.1) is 0 Å². The first-order valence-corrected chi connectivity index (χ1v) is 11.5. The molecule has 1 saturated heterocycles. The minimum Gasteiger partial charge on any atom is -0.463 e. The molecule has 0 aliphatic carbocycles. The maximum absolute atomic E-state index is 12.9. The number of furan rings is 1. The van der Waals surface area contributed by atoms with E-state index >= 15 is 0 Å². The lowest BCUT2D eigenvalue weighted by molar-refractivity contribution is -0.114. The van der Waals surface area contributed by atoms with Crippen molar-refractivity contribution < 1.29 is 22.4 Å². The van der Waals surface area contributed by atoms with Crippen molar-refractivity contribution in [2.45, 2.75) is 30.7 Å². The van der Waals surface area contributed by atoms with E-state index in [0.717, 1.165) is 0 Å². The first-order chi connectivity index (χ1) is 15.3. The fraction of sp³-hybridized carbons (Fsp3) is 0.286. The van der Waals surface area contributed by atoms with Gasteiger partial charge in [-0.3, -0.25) is 14.7 Å². The van der Waals surface area contributed by atoms with Gasteiger partial charge in [0.15, 0.2) is 11.5 Å². The zero-order valence-electron chi connectivity index (χ0n) is 17.4. The van der Waals surface area contributed by atoms with Crippen LogP contribution in [-0.2, 0) is 14.8 Å². The summed E-state index contributed by atoms with van der Waals surface area (Å²) in [6, 6.07) is 11.0. The number of hydrogen-bond donors (Lipinski definition) is 3. The number of piperidine rings is 1. The van der Waals surface area contributed by atoms with Gasteiger partial charge in [-0.05, 0) is 49.2 Å². The molecule has 1 aliphatic heterocycles. The first kappa shape index (κ1) is 21.8. The lowest BCUT2D eigenvalue weighted by Gasteiger charge is -2.31. The molecule has 1 fully saturated rings. The molecule has 1 aliphatic rings. The molecule has 32 heavy (non-hydrogen) atoms. The van der Waals surface area contributed by atoms with Crippen LogP contribution in [0.5, 0.6) is 0 Å². The standard InChI is InChI=1S/C21H23N5O5S/c1-14(27)22-15-4-6-17(7-5-15)32(29,30)26-10-8-16(9-11-26)23-21(28)19-13-18(24-25-19)20-3-2-12-31-20/h2-7,12-13,16H,8-11H2,1H3,(H,22,27)(H,23,28)(H,24,25). The maximum Gasteiger partial charge on any atom is 0.272 e. The molecular formula is C21H23N5O5S. The molecule has 0 bridgehead atoms. The molecule has 0 spiro atoms. The zero-order valence-corrected chi connectivity index (χ0v) is 18.2. The molecule has 3 N–H and O–H groups in total. The summed E-state index contributed by atoms with van der Waals surface area (Å²) in [6.45, 7) is 1.97. The van der Waals surface area contributed by atoms with Crippen molar-refractivity contribution >= 4 is 27.5 Å². The van der Waals surface area contributed by atoms with E-state index < -0.39 is 10.0 Å². The van der Waals surface area contributed by atoms with Crippen molar-refractivity contribution in [1.82, 2.24) is 19.8 Å². The third-order valence-electron chi connectivity index (χ3n) is 5.20. The minimum absolute atomic E-state index is 0.153. The van der Waals surface area contributed by atoms with Crippen LogP contribution in [0.3, 0.4) is 0 Å². The third-order valence-corrected chi connectivity index (χ3v) is 7.11. The summed E-state index contributed by atoms with van der Waals surface area (Å²) >= 11 is 0. The van der Waals surface area contributed by atoms with Crippen LogP contribution in [0.1, 0.15) is 30.3 Å². The smallest absolute Gasteiger partial charge is 0.272 e. The van der Waals surface area contributed by atoms with Gasteiger partial charge in [-0.2, -0.15) is 9.40 Å². The monoisotopic (exact) mass is 457 g/mol. The summed E-state index contributed by atoms with van der Waals surface area (Å²) in [7, 11) is -3.65. The molecule has 2 aromatic heterocycles. The Morgan fingerprint density at radius 1 is 1.16 bits per heavy atom. The van der Waals surface area contributed by atoms with Crippen LogP contribution in [0.25, 0.3) is 11.5 Å². The van der Waals surface area contributed by atoms with Gasteiger partial charge in [0, 0.05) is 37.8 Å². The molecule has 0 atom stereocenters. The molecular weight excluding hydrogens is 434 g/mol. The molecule has 11 heteroatoms. The van der Waals surface area contributed by atoms with Gasteiger partial charge in [-0.25, -0.2) is 8.42 Å². The van der Waals surface area contributed by atoms with Crippen LogP contribution < -0.4 is 10.6 Å². The highest BCUT2D eigenvalue weighted by molar-refractivity contribution is 7.89. The second-order valence-corrected chi connectivity index (χ2v) is 9.44. The van der Waals surface area contributed by atoms with Crippen molar-refractivity contribution in [3.05, 3.63) is 54.4 Å². The van der Waals surface area contributed by atoms with Gasteiger partial charge in [-0.1, -0.05) is 0 Å². The third kappa shape index (κ3) is 4.73.